The molecule has 0 aliphatic heterocycles. The lowest BCUT2D eigenvalue weighted by Gasteiger charge is -2.13. The number of aliphatic hydroxyl groups excluding tert-OH is 2. The van der Waals surface area contributed by atoms with Crippen LogP contribution in [0.3, 0.4) is 0 Å². The van der Waals surface area contributed by atoms with Crippen molar-refractivity contribution in [1.82, 2.24) is 9.97 Å². The van der Waals surface area contributed by atoms with Crippen LogP contribution >= 0.6 is 11.6 Å². The number of esters is 1. The Morgan fingerprint density at radius 3 is 2.62 bits per heavy atom. The average Bonchev–Trinajstić information content (AvgIpc) is 2.72. The molecule has 1 unspecified atom stereocenters. The molecule has 0 spiro atoms. The van der Waals surface area contributed by atoms with Gasteiger partial charge in [-0.05, 0) is 43.3 Å². The molecule has 8 heteroatoms. The molecule has 3 aromatic rings. The number of ether oxygens (including phenoxy) is 1. The zero-order valence-electron chi connectivity index (χ0n) is 15.7. The number of carbonyl (C=O) groups excluding carboxylic acids is 1. The minimum atomic E-state index is -1.12. The fourth-order valence-electron chi connectivity index (χ4n) is 2.57. The van der Waals surface area contributed by atoms with Crippen LogP contribution in [0.4, 0.5) is 11.5 Å². The molecule has 29 heavy (non-hydrogen) atoms. The van der Waals surface area contributed by atoms with Gasteiger partial charge in [0, 0.05) is 22.3 Å². The maximum absolute atomic E-state index is 12.4. The number of hydrogen-bond donors (Lipinski definition) is 3. The summed E-state index contributed by atoms with van der Waals surface area (Å²) in [7, 11) is 0. The van der Waals surface area contributed by atoms with Gasteiger partial charge in [0.25, 0.3) is 0 Å². The van der Waals surface area contributed by atoms with Crippen LogP contribution in [0.1, 0.15) is 16.1 Å². The molecule has 3 N–H and O–H groups in total. The Labute approximate surface area is 173 Å². The third kappa shape index (κ3) is 5.51. The second-order valence-electron chi connectivity index (χ2n) is 6.33. The van der Waals surface area contributed by atoms with E-state index in [-0.39, 0.29) is 12.2 Å². The summed E-state index contributed by atoms with van der Waals surface area (Å²) in [4.78, 5) is 21.3. The number of aryl methyl sites for hydroxylation is 1. The highest BCUT2D eigenvalue weighted by Crippen LogP contribution is 2.24. The molecule has 0 aliphatic rings. The summed E-state index contributed by atoms with van der Waals surface area (Å²) >= 11 is 5.94. The van der Waals surface area contributed by atoms with Crippen molar-refractivity contribution < 1.29 is 19.7 Å². The average molecular weight is 414 g/mol. The van der Waals surface area contributed by atoms with Gasteiger partial charge in [-0.25, -0.2) is 14.8 Å². The van der Waals surface area contributed by atoms with Crippen LogP contribution < -0.4 is 5.32 Å². The van der Waals surface area contributed by atoms with E-state index in [9.17, 15) is 9.90 Å². The first-order chi connectivity index (χ1) is 14.0. The Hall–Kier alpha value is -3.00. The summed E-state index contributed by atoms with van der Waals surface area (Å²) < 4.78 is 5.05. The van der Waals surface area contributed by atoms with Gasteiger partial charge in [-0.2, -0.15) is 0 Å². The minimum absolute atomic E-state index is 0.280. The highest BCUT2D eigenvalue weighted by Gasteiger charge is 2.15. The number of carbonyl (C=O) groups is 1. The number of nitrogens with zero attached hydrogens (tertiary/aromatic N) is 2. The van der Waals surface area contributed by atoms with Crippen molar-refractivity contribution >= 4 is 29.1 Å². The summed E-state index contributed by atoms with van der Waals surface area (Å²) in [5.41, 5.74) is 2.34. The second kappa shape index (κ2) is 9.47. The highest BCUT2D eigenvalue weighted by atomic mass is 35.5. The Balaban J connectivity index is 1.85. The first kappa shape index (κ1) is 20.7. The SMILES string of the molecule is Cc1cc(Nc2ccccc2C(=O)OCC(O)CO)nc(-c2ccc(Cl)cc2)n1. The van der Waals surface area contributed by atoms with Crippen LogP contribution in [-0.2, 0) is 4.74 Å². The Morgan fingerprint density at radius 2 is 1.90 bits per heavy atom. The van der Waals surface area contributed by atoms with E-state index >= 15 is 0 Å². The van der Waals surface area contributed by atoms with E-state index < -0.39 is 18.7 Å². The summed E-state index contributed by atoms with van der Waals surface area (Å²) in [6.07, 6.45) is -1.12. The summed E-state index contributed by atoms with van der Waals surface area (Å²) in [6.45, 7) is 1.07. The number of hydrogen-bond acceptors (Lipinski definition) is 7. The van der Waals surface area contributed by atoms with Crippen LogP contribution in [0.15, 0.2) is 54.6 Å². The molecule has 0 saturated carbocycles. The molecule has 1 atom stereocenters. The molecule has 0 aliphatic carbocycles. The maximum atomic E-state index is 12.4. The van der Waals surface area contributed by atoms with Gasteiger partial charge in [-0.1, -0.05) is 23.7 Å². The van der Waals surface area contributed by atoms with Crippen LogP contribution in [0, 0.1) is 6.92 Å². The van der Waals surface area contributed by atoms with Crippen molar-refractivity contribution in [2.24, 2.45) is 0 Å². The third-order valence-electron chi connectivity index (χ3n) is 3.98. The van der Waals surface area contributed by atoms with Gasteiger partial charge in [-0.15, -0.1) is 0 Å². The van der Waals surface area contributed by atoms with E-state index in [1.807, 2.05) is 19.1 Å². The molecule has 0 bridgehead atoms. The molecule has 3 rings (SSSR count). The van der Waals surface area contributed by atoms with Gasteiger partial charge in [0.05, 0.1) is 17.9 Å². The molecular formula is C21H20ClN3O4. The molecule has 150 valence electrons. The lowest BCUT2D eigenvalue weighted by molar-refractivity contribution is 0.00941. The largest absolute Gasteiger partial charge is 0.459 e. The number of aliphatic hydroxyl groups is 2. The van der Waals surface area contributed by atoms with Crippen molar-refractivity contribution in [3.63, 3.8) is 0 Å². The van der Waals surface area contributed by atoms with E-state index in [2.05, 4.69) is 15.3 Å². The van der Waals surface area contributed by atoms with Crippen LogP contribution in [0.2, 0.25) is 5.02 Å². The number of rotatable bonds is 7. The van der Waals surface area contributed by atoms with E-state index in [0.29, 0.717) is 22.4 Å². The molecule has 1 heterocycles. The van der Waals surface area contributed by atoms with Gasteiger partial charge < -0.3 is 20.3 Å². The molecular weight excluding hydrogens is 394 g/mol. The summed E-state index contributed by atoms with van der Waals surface area (Å²) in [5, 5.41) is 22.0. The normalized spacial score (nSPS) is 11.7. The summed E-state index contributed by atoms with van der Waals surface area (Å²) in [5.74, 6) is 0.415. The quantitative estimate of drug-likeness (QED) is 0.510. The maximum Gasteiger partial charge on any atom is 0.340 e. The zero-order valence-corrected chi connectivity index (χ0v) is 16.4. The minimum Gasteiger partial charge on any atom is -0.459 e. The molecule has 7 nitrogen and oxygen atoms in total. The van der Waals surface area contributed by atoms with E-state index in [1.165, 1.54) is 0 Å². The molecule has 0 radical (unpaired) electrons. The van der Waals surface area contributed by atoms with Crippen molar-refractivity contribution in [2.45, 2.75) is 13.0 Å². The number of nitrogens with one attached hydrogen (secondary N) is 1. The van der Waals surface area contributed by atoms with Crippen molar-refractivity contribution in [1.29, 1.82) is 0 Å². The number of halogens is 1. The lowest BCUT2D eigenvalue weighted by atomic mass is 10.1. The lowest BCUT2D eigenvalue weighted by Crippen LogP contribution is -2.22. The standard InChI is InChI=1S/C21H20ClN3O4/c1-13-10-19(25-20(23-13)14-6-8-15(22)9-7-14)24-18-5-3-2-4-17(18)21(28)29-12-16(27)11-26/h2-10,16,26-27H,11-12H2,1H3,(H,23,24,25). The zero-order chi connectivity index (χ0) is 20.8. The first-order valence-electron chi connectivity index (χ1n) is 8.90. The predicted octanol–water partition coefficient (Wildman–Crippen LogP) is 3.36. The van der Waals surface area contributed by atoms with Gasteiger partial charge >= 0.3 is 5.97 Å². The van der Waals surface area contributed by atoms with Gasteiger partial charge in [0.1, 0.15) is 18.5 Å². The topological polar surface area (TPSA) is 105 Å². The van der Waals surface area contributed by atoms with Gasteiger partial charge in [-0.3, -0.25) is 0 Å². The highest BCUT2D eigenvalue weighted by molar-refractivity contribution is 6.30. The summed E-state index contributed by atoms with van der Waals surface area (Å²) in [6, 6.07) is 15.8. The molecule has 2 aromatic carbocycles. The monoisotopic (exact) mass is 413 g/mol. The first-order valence-corrected chi connectivity index (χ1v) is 9.28. The number of benzene rings is 2. The van der Waals surface area contributed by atoms with Crippen molar-refractivity contribution in [3.8, 4) is 11.4 Å². The van der Waals surface area contributed by atoms with E-state index in [4.69, 9.17) is 21.4 Å². The van der Waals surface area contributed by atoms with E-state index in [0.717, 1.165) is 11.3 Å². The predicted molar refractivity (Wildman–Crippen MR) is 110 cm³/mol. The fraction of sp³-hybridized carbons (Fsp3) is 0.190. The molecule has 0 amide bonds. The molecule has 0 fully saturated rings. The van der Waals surface area contributed by atoms with Crippen molar-refractivity contribution in [2.75, 3.05) is 18.5 Å². The third-order valence-corrected chi connectivity index (χ3v) is 4.24. The van der Waals surface area contributed by atoms with Crippen LogP contribution in [0.25, 0.3) is 11.4 Å². The fourth-order valence-corrected chi connectivity index (χ4v) is 2.70. The molecule has 0 saturated heterocycles. The van der Waals surface area contributed by atoms with Crippen LogP contribution in [-0.4, -0.2) is 45.5 Å². The van der Waals surface area contributed by atoms with E-state index in [1.54, 1.807) is 42.5 Å². The number of para-hydroxylation sites is 1. The Morgan fingerprint density at radius 1 is 1.17 bits per heavy atom. The Bertz CT molecular complexity index is 995. The van der Waals surface area contributed by atoms with Crippen LogP contribution in [0.5, 0.6) is 0 Å². The van der Waals surface area contributed by atoms with Gasteiger partial charge in [0.2, 0.25) is 0 Å². The number of aromatic nitrogens is 2. The van der Waals surface area contributed by atoms with Crippen molar-refractivity contribution in [3.05, 3.63) is 70.9 Å². The number of anilines is 2. The smallest absolute Gasteiger partial charge is 0.340 e. The van der Waals surface area contributed by atoms with Gasteiger partial charge in [0.15, 0.2) is 5.82 Å². The second-order valence-corrected chi connectivity index (χ2v) is 6.77. The Kier molecular flexibility index (Phi) is 6.77. The molecule has 1 aromatic heterocycles.